The molecule has 0 radical (unpaired) electrons. The standard InChI is InChI=1S/C20H22F2N6O2/c1-12-8-28(15-3-2-13(6-23)18-14(15)7-25-11-26-18)9-16(30-12)19(29)27-17-4-5-24-10-20(17,21)22/h2-3,7,11-12,16-17,24H,4-5,8-10H2,1H3,(H,27,29). The van der Waals surface area contributed by atoms with Crippen molar-refractivity contribution in [1.29, 1.82) is 5.26 Å². The second kappa shape index (κ2) is 8.08. The number of halogens is 2. The van der Waals surface area contributed by atoms with E-state index in [1.807, 2.05) is 11.8 Å². The summed E-state index contributed by atoms with van der Waals surface area (Å²) in [6.07, 6.45) is 1.98. The Morgan fingerprint density at radius 3 is 3.03 bits per heavy atom. The molecule has 2 aliphatic rings. The van der Waals surface area contributed by atoms with E-state index in [9.17, 15) is 18.8 Å². The number of ether oxygens (including phenoxy) is 1. The van der Waals surface area contributed by atoms with Gasteiger partial charge in [-0.2, -0.15) is 5.26 Å². The van der Waals surface area contributed by atoms with Crippen LogP contribution in [0.3, 0.4) is 0 Å². The fraction of sp³-hybridized carbons (Fsp3) is 0.500. The van der Waals surface area contributed by atoms with Crippen molar-refractivity contribution in [2.75, 3.05) is 31.1 Å². The summed E-state index contributed by atoms with van der Waals surface area (Å²) in [6.45, 7) is 2.49. The smallest absolute Gasteiger partial charge is 0.280 e. The maximum absolute atomic E-state index is 14.1. The predicted molar refractivity (Wildman–Crippen MR) is 105 cm³/mol. The lowest BCUT2D eigenvalue weighted by Crippen LogP contribution is -2.61. The van der Waals surface area contributed by atoms with Gasteiger partial charge in [-0.15, -0.1) is 0 Å². The van der Waals surface area contributed by atoms with Crippen LogP contribution in [0.1, 0.15) is 18.9 Å². The average Bonchev–Trinajstić information content (AvgIpc) is 2.73. The molecule has 158 valence electrons. The topological polar surface area (TPSA) is 103 Å². The van der Waals surface area contributed by atoms with E-state index in [4.69, 9.17) is 4.74 Å². The molecule has 10 heteroatoms. The Morgan fingerprint density at radius 2 is 2.27 bits per heavy atom. The summed E-state index contributed by atoms with van der Waals surface area (Å²) in [5, 5.41) is 15.1. The first-order valence-electron chi connectivity index (χ1n) is 9.81. The molecule has 1 amide bonds. The van der Waals surface area contributed by atoms with Crippen LogP contribution in [-0.4, -0.2) is 66.2 Å². The van der Waals surface area contributed by atoms with Crippen LogP contribution in [0.25, 0.3) is 10.9 Å². The SMILES string of the molecule is CC1CN(c2ccc(C#N)c3ncncc23)CC(C(=O)NC2CCNCC2(F)F)O1. The second-order valence-corrected chi connectivity index (χ2v) is 7.66. The zero-order valence-corrected chi connectivity index (χ0v) is 16.4. The number of carbonyl (C=O) groups is 1. The molecule has 3 atom stereocenters. The van der Waals surface area contributed by atoms with Gasteiger partial charge in [0.05, 0.1) is 36.3 Å². The number of hydrogen-bond donors (Lipinski definition) is 2. The van der Waals surface area contributed by atoms with Gasteiger partial charge in [0, 0.05) is 23.8 Å². The summed E-state index contributed by atoms with van der Waals surface area (Å²) >= 11 is 0. The van der Waals surface area contributed by atoms with Gasteiger partial charge >= 0.3 is 0 Å². The number of alkyl halides is 2. The molecule has 1 aromatic heterocycles. The van der Waals surface area contributed by atoms with Gasteiger partial charge < -0.3 is 20.3 Å². The first-order valence-corrected chi connectivity index (χ1v) is 9.81. The zero-order valence-electron chi connectivity index (χ0n) is 16.4. The number of nitrogens with zero attached hydrogens (tertiary/aromatic N) is 4. The van der Waals surface area contributed by atoms with Crippen LogP contribution in [0.4, 0.5) is 14.5 Å². The summed E-state index contributed by atoms with van der Waals surface area (Å²) in [4.78, 5) is 23.0. The van der Waals surface area contributed by atoms with Gasteiger partial charge in [-0.3, -0.25) is 4.79 Å². The zero-order chi connectivity index (χ0) is 21.3. The number of amides is 1. The number of nitrogens with one attached hydrogen (secondary N) is 2. The third kappa shape index (κ3) is 3.91. The molecule has 2 N–H and O–H groups in total. The highest BCUT2D eigenvalue weighted by atomic mass is 19.3. The van der Waals surface area contributed by atoms with Gasteiger partial charge in [0.2, 0.25) is 0 Å². The Labute approximate surface area is 172 Å². The highest BCUT2D eigenvalue weighted by Gasteiger charge is 2.44. The highest BCUT2D eigenvalue weighted by Crippen LogP contribution is 2.30. The fourth-order valence-electron chi connectivity index (χ4n) is 4.00. The molecule has 2 aromatic rings. The van der Waals surface area contributed by atoms with E-state index >= 15 is 0 Å². The Balaban J connectivity index is 1.56. The number of piperidine rings is 1. The van der Waals surface area contributed by atoms with Crippen LogP contribution in [0.2, 0.25) is 0 Å². The fourth-order valence-corrected chi connectivity index (χ4v) is 4.00. The molecule has 0 saturated carbocycles. The van der Waals surface area contributed by atoms with Crippen molar-refractivity contribution in [2.24, 2.45) is 0 Å². The quantitative estimate of drug-likeness (QED) is 0.775. The molecule has 30 heavy (non-hydrogen) atoms. The van der Waals surface area contributed by atoms with E-state index in [-0.39, 0.29) is 19.1 Å². The predicted octanol–water partition coefficient (Wildman–Crippen LogP) is 1.21. The third-order valence-electron chi connectivity index (χ3n) is 5.46. The van der Waals surface area contributed by atoms with Crippen molar-refractivity contribution < 1.29 is 18.3 Å². The number of rotatable bonds is 3. The van der Waals surface area contributed by atoms with Crippen molar-refractivity contribution >= 4 is 22.5 Å². The Hall–Kier alpha value is -2.90. The summed E-state index contributed by atoms with van der Waals surface area (Å²) in [5.74, 6) is -3.55. The number of benzene rings is 1. The molecule has 0 spiro atoms. The van der Waals surface area contributed by atoms with E-state index in [2.05, 4.69) is 26.7 Å². The first-order chi connectivity index (χ1) is 14.4. The molecule has 3 unspecified atom stereocenters. The molecule has 2 fully saturated rings. The van der Waals surface area contributed by atoms with Crippen molar-refractivity contribution in [3.63, 3.8) is 0 Å². The van der Waals surface area contributed by atoms with Gasteiger partial charge in [-0.1, -0.05) is 0 Å². The first kappa shape index (κ1) is 20.4. The lowest BCUT2D eigenvalue weighted by molar-refractivity contribution is -0.142. The van der Waals surface area contributed by atoms with Crippen LogP contribution in [0.15, 0.2) is 24.7 Å². The molecular weight excluding hydrogens is 394 g/mol. The number of morpholine rings is 1. The summed E-state index contributed by atoms with van der Waals surface area (Å²) in [7, 11) is 0. The van der Waals surface area contributed by atoms with Crippen LogP contribution in [-0.2, 0) is 9.53 Å². The number of fused-ring (bicyclic) bond motifs is 1. The third-order valence-corrected chi connectivity index (χ3v) is 5.46. The van der Waals surface area contributed by atoms with E-state index in [1.54, 1.807) is 18.3 Å². The number of nitriles is 1. The van der Waals surface area contributed by atoms with Crippen molar-refractivity contribution in [3.05, 3.63) is 30.2 Å². The van der Waals surface area contributed by atoms with Gasteiger partial charge in [-0.25, -0.2) is 18.7 Å². The Kier molecular flexibility index (Phi) is 5.49. The molecule has 1 aromatic carbocycles. The van der Waals surface area contributed by atoms with Crippen molar-refractivity contribution in [2.45, 2.75) is 37.5 Å². The number of hydrogen-bond acceptors (Lipinski definition) is 7. The van der Waals surface area contributed by atoms with Gasteiger partial charge in [0.1, 0.15) is 12.4 Å². The number of carbonyl (C=O) groups excluding carboxylic acids is 1. The molecule has 0 aliphatic carbocycles. The van der Waals surface area contributed by atoms with Gasteiger partial charge in [0.15, 0.2) is 6.10 Å². The molecule has 3 heterocycles. The normalized spacial score (nSPS) is 26.2. The van der Waals surface area contributed by atoms with Crippen LogP contribution in [0.5, 0.6) is 0 Å². The lowest BCUT2D eigenvalue weighted by Gasteiger charge is -2.39. The second-order valence-electron chi connectivity index (χ2n) is 7.66. The summed E-state index contributed by atoms with van der Waals surface area (Å²) < 4.78 is 34.0. The summed E-state index contributed by atoms with van der Waals surface area (Å²) in [6, 6.07) is 4.36. The maximum Gasteiger partial charge on any atom is 0.280 e. The van der Waals surface area contributed by atoms with E-state index in [0.717, 1.165) is 5.69 Å². The van der Waals surface area contributed by atoms with Gasteiger partial charge in [-0.05, 0) is 32.0 Å². The monoisotopic (exact) mass is 416 g/mol. The van der Waals surface area contributed by atoms with Gasteiger partial charge in [0.25, 0.3) is 11.8 Å². The minimum absolute atomic E-state index is 0.155. The van der Waals surface area contributed by atoms with E-state index < -0.39 is 30.5 Å². The Morgan fingerprint density at radius 1 is 1.43 bits per heavy atom. The number of anilines is 1. The van der Waals surface area contributed by atoms with Crippen molar-refractivity contribution in [1.82, 2.24) is 20.6 Å². The summed E-state index contributed by atoms with van der Waals surface area (Å²) in [5.41, 5.74) is 1.73. The van der Waals surface area contributed by atoms with Crippen molar-refractivity contribution in [3.8, 4) is 6.07 Å². The van der Waals surface area contributed by atoms with Crippen LogP contribution in [0, 0.1) is 11.3 Å². The van der Waals surface area contributed by atoms with Crippen LogP contribution >= 0.6 is 0 Å². The highest BCUT2D eigenvalue weighted by molar-refractivity contribution is 5.95. The largest absolute Gasteiger partial charge is 0.365 e. The van der Waals surface area contributed by atoms with E-state index in [0.29, 0.717) is 29.6 Å². The molecule has 0 bridgehead atoms. The molecule has 2 aliphatic heterocycles. The van der Waals surface area contributed by atoms with Crippen LogP contribution < -0.4 is 15.5 Å². The minimum atomic E-state index is -3.01. The van der Waals surface area contributed by atoms with E-state index in [1.165, 1.54) is 6.33 Å². The Bertz CT molecular complexity index is 995. The maximum atomic E-state index is 14.1. The molecule has 8 nitrogen and oxygen atoms in total. The average molecular weight is 416 g/mol. The molecule has 4 rings (SSSR count). The molecular formula is C20H22F2N6O2. The minimum Gasteiger partial charge on any atom is -0.365 e. The number of aromatic nitrogens is 2. The molecule has 2 saturated heterocycles. The lowest BCUT2D eigenvalue weighted by atomic mass is 10.0.